The molecule has 0 bridgehead atoms. The predicted molar refractivity (Wildman–Crippen MR) is 88.7 cm³/mol. The lowest BCUT2D eigenvalue weighted by Gasteiger charge is -2.27. The summed E-state index contributed by atoms with van der Waals surface area (Å²) in [5.74, 6) is 3.34. The number of aromatic nitrogens is 1. The van der Waals surface area contributed by atoms with Gasteiger partial charge in [0, 0.05) is 12.6 Å². The van der Waals surface area contributed by atoms with Crippen LogP contribution in [0.1, 0.15) is 31.2 Å². The first-order chi connectivity index (χ1) is 11.9. The van der Waals surface area contributed by atoms with E-state index in [1.807, 2.05) is 0 Å². The molecule has 1 amide bonds. The van der Waals surface area contributed by atoms with Crippen LogP contribution in [0.15, 0.2) is 12.3 Å². The zero-order valence-electron chi connectivity index (χ0n) is 13.8. The molecule has 1 aromatic heterocycles. The van der Waals surface area contributed by atoms with E-state index in [-0.39, 0.29) is 35.3 Å². The Morgan fingerprint density at radius 3 is 2.56 bits per heavy atom. The molecule has 1 saturated carbocycles. The van der Waals surface area contributed by atoms with Crippen molar-refractivity contribution in [2.75, 3.05) is 7.11 Å². The van der Waals surface area contributed by atoms with Gasteiger partial charge < -0.3 is 9.47 Å². The summed E-state index contributed by atoms with van der Waals surface area (Å²) < 4.78 is 10.6. The fraction of sp³-hybridized carbons (Fsp3) is 0.500. The van der Waals surface area contributed by atoms with Crippen molar-refractivity contribution in [3.8, 4) is 5.88 Å². The Balaban J connectivity index is 1.92. The molecular formula is C16H20ClN3O5. The van der Waals surface area contributed by atoms with Gasteiger partial charge in [0.25, 0.3) is 0 Å². The van der Waals surface area contributed by atoms with E-state index in [9.17, 15) is 14.4 Å². The standard InChI is InChI=1S/C16H20ClN3O5/c1-24-16(23)10-2-4-11(5-3-10)25-15-12(17)6-9(8-19-15)7-13(21)14(22)20-18/h6,8,10-11H,2-5,7,18H2,1H3,(H,20,22). The van der Waals surface area contributed by atoms with Gasteiger partial charge in [-0.25, -0.2) is 10.8 Å². The van der Waals surface area contributed by atoms with Crippen molar-refractivity contribution in [2.24, 2.45) is 11.8 Å². The fourth-order valence-corrected chi connectivity index (χ4v) is 2.97. The van der Waals surface area contributed by atoms with Crippen molar-refractivity contribution in [3.63, 3.8) is 0 Å². The molecule has 136 valence electrons. The number of Topliss-reactive ketones (excluding diaryl/α,β-unsaturated/α-hetero) is 1. The lowest BCUT2D eigenvalue weighted by atomic mass is 9.87. The molecule has 0 aliphatic heterocycles. The highest BCUT2D eigenvalue weighted by atomic mass is 35.5. The number of methoxy groups -OCH3 is 1. The second-order valence-electron chi connectivity index (χ2n) is 5.82. The van der Waals surface area contributed by atoms with Gasteiger partial charge in [-0.15, -0.1) is 0 Å². The number of amides is 1. The molecule has 2 rings (SSSR count). The van der Waals surface area contributed by atoms with Crippen molar-refractivity contribution in [1.29, 1.82) is 0 Å². The lowest BCUT2D eigenvalue weighted by molar-refractivity contribution is -0.147. The Hall–Kier alpha value is -2.19. The summed E-state index contributed by atoms with van der Waals surface area (Å²) in [6, 6.07) is 1.53. The summed E-state index contributed by atoms with van der Waals surface area (Å²) in [5, 5.41) is 0.258. The Morgan fingerprint density at radius 1 is 1.32 bits per heavy atom. The molecule has 25 heavy (non-hydrogen) atoms. The Bertz CT molecular complexity index is 659. The molecule has 1 fully saturated rings. The lowest BCUT2D eigenvalue weighted by Crippen LogP contribution is -2.37. The van der Waals surface area contributed by atoms with Crippen molar-refractivity contribution in [3.05, 3.63) is 22.8 Å². The molecule has 1 aromatic rings. The van der Waals surface area contributed by atoms with E-state index in [4.69, 9.17) is 26.9 Å². The van der Waals surface area contributed by atoms with Crippen LogP contribution in [-0.4, -0.2) is 35.9 Å². The van der Waals surface area contributed by atoms with Gasteiger partial charge in [0.05, 0.1) is 13.0 Å². The number of pyridine rings is 1. The van der Waals surface area contributed by atoms with Gasteiger partial charge in [0.15, 0.2) is 0 Å². The third-order valence-electron chi connectivity index (χ3n) is 4.10. The number of rotatable bonds is 6. The van der Waals surface area contributed by atoms with Gasteiger partial charge in [-0.3, -0.25) is 19.8 Å². The maximum absolute atomic E-state index is 11.5. The molecule has 0 radical (unpaired) electrons. The van der Waals surface area contributed by atoms with Gasteiger partial charge in [-0.2, -0.15) is 0 Å². The minimum absolute atomic E-state index is 0.0820. The molecule has 1 heterocycles. The SMILES string of the molecule is COC(=O)C1CCC(Oc2ncc(CC(=O)C(=O)NN)cc2Cl)CC1. The first-order valence-electron chi connectivity index (χ1n) is 7.87. The van der Waals surface area contributed by atoms with E-state index < -0.39 is 11.7 Å². The third-order valence-corrected chi connectivity index (χ3v) is 4.37. The molecule has 8 nitrogen and oxygen atoms in total. The van der Waals surface area contributed by atoms with E-state index >= 15 is 0 Å². The number of halogens is 1. The van der Waals surface area contributed by atoms with Crippen LogP contribution in [0, 0.1) is 5.92 Å². The number of nitrogens with zero attached hydrogens (tertiary/aromatic N) is 1. The van der Waals surface area contributed by atoms with Crippen molar-refractivity contribution >= 4 is 29.3 Å². The smallest absolute Gasteiger partial charge is 0.308 e. The summed E-state index contributed by atoms with van der Waals surface area (Å²) in [4.78, 5) is 38.3. The first-order valence-corrected chi connectivity index (χ1v) is 8.25. The number of ether oxygens (including phenoxy) is 2. The van der Waals surface area contributed by atoms with Crippen LogP contribution in [0.4, 0.5) is 0 Å². The number of ketones is 1. The molecule has 0 aromatic carbocycles. The highest BCUT2D eigenvalue weighted by Crippen LogP contribution is 2.30. The summed E-state index contributed by atoms with van der Waals surface area (Å²) in [6.45, 7) is 0. The van der Waals surface area contributed by atoms with E-state index in [1.165, 1.54) is 19.4 Å². The van der Waals surface area contributed by atoms with Crippen molar-refractivity contribution in [2.45, 2.75) is 38.2 Å². The number of nitrogens with one attached hydrogen (secondary N) is 1. The maximum Gasteiger partial charge on any atom is 0.308 e. The van der Waals surface area contributed by atoms with Crippen LogP contribution in [0.25, 0.3) is 0 Å². The molecular weight excluding hydrogens is 350 g/mol. The van der Waals surface area contributed by atoms with E-state index in [2.05, 4.69) is 4.98 Å². The minimum Gasteiger partial charge on any atom is -0.473 e. The highest BCUT2D eigenvalue weighted by Gasteiger charge is 2.28. The molecule has 1 aliphatic rings. The number of esters is 1. The average molecular weight is 370 g/mol. The average Bonchev–Trinajstić information content (AvgIpc) is 2.63. The van der Waals surface area contributed by atoms with Crippen LogP contribution < -0.4 is 16.0 Å². The summed E-state index contributed by atoms with van der Waals surface area (Å²) in [6.07, 6.45) is 3.99. The van der Waals surface area contributed by atoms with Gasteiger partial charge in [-0.05, 0) is 37.3 Å². The quantitative estimate of drug-likeness (QED) is 0.252. The molecule has 9 heteroatoms. The monoisotopic (exact) mass is 369 g/mol. The molecule has 3 N–H and O–H groups in total. The zero-order valence-corrected chi connectivity index (χ0v) is 14.5. The number of nitrogens with two attached hydrogens (primary N) is 1. The fourth-order valence-electron chi connectivity index (χ4n) is 2.74. The topological polar surface area (TPSA) is 121 Å². The van der Waals surface area contributed by atoms with Crippen LogP contribution in [-0.2, 0) is 25.5 Å². The predicted octanol–water partition coefficient (Wildman–Crippen LogP) is 0.947. The van der Waals surface area contributed by atoms with E-state index in [0.717, 1.165) is 0 Å². The van der Waals surface area contributed by atoms with Crippen LogP contribution in [0.2, 0.25) is 5.02 Å². The molecule has 1 aliphatic carbocycles. The molecule has 0 saturated heterocycles. The van der Waals surface area contributed by atoms with Gasteiger partial charge >= 0.3 is 11.9 Å². The van der Waals surface area contributed by atoms with Crippen molar-refractivity contribution in [1.82, 2.24) is 10.4 Å². The molecule has 0 spiro atoms. The number of hydrogen-bond donors (Lipinski definition) is 2. The number of hydrogen-bond acceptors (Lipinski definition) is 7. The molecule has 0 unspecified atom stereocenters. The van der Waals surface area contributed by atoms with Gasteiger partial charge in [0.2, 0.25) is 11.7 Å². The maximum atomic E-state index is 11.5. The summed E-state index contributed by atoms with van der Waals surface area (Å²) >= 11 is 6.15. The van der Waals surface area contributed by atoms with Crippen LogP contribution >= 0.6 is 11.6 Å². The van der Waals surface area contributed by atoms with Crippen LogP contribution in [0.3, 0.4) is 0 Å². The van der Waals surface area contributed by atoms with E-state index in [1.54, 1.807) is 5.43 Å². The van der Waals surface area contributed by atoms with Gasteiger partial charge in [0.1, 0.15) is 11.1 Å². The number of carbonyl (C=O) groups is 3. The van der Waals surface area contributed by atoms with Crippen LogP contribution in [0.5, 0.6) is 5.88 Å². The second kappa shape index (κ2) is 8.77. The Morgan fingerprint density at radius 2 is 2.00 bits per heavy atom. The Labute approximate surface area is 150 Å². The summed E-state index contributed by atoms with van der Waals surface area (Å²) in [7, 11) is 1.39. The van der Waals surface area contributed by atoms with Gasteiger partial charge in [-0.1, -0.05) is 11.6 Å². The van der Waals surface area contributed by atoms with E-state index in [0.29, 0.717) is 31.2 Å². The Kier molecular flexibility index (Phi) is 6.72. The number of hydrazine groups is 1. The number of carbonyl (C=O) groups excluding carboxylic acids is 3. The highest BCUT2D eigenvalue weighted by molar-refractivity contribution is 6.36. The minimum atomic E-state index is -0.876. The molecule has 0 atom stereocenters. The largest absolute Gasteiger partial charge is 0.473 e. The summed E-state index contributed by atoms with van der Waals surface area (Å²) in [5.41, 5.74) is 2.27. The van der Waals surface area contributed by atoms with Crippen molar-refractivity contribution < 1.29 is 23.9 Å². The second-order valence-corrected chi connectivity index (χ2v) is 6.23. The first kappa shape index (κ1) is 19.1. The third kappa shape index (κ3) is 5.14. The zero-order chi connectivity index (χ0) is 18.4. The normalized spacial score (nSPS) is 19.8.